The lowest BCUT2D eigenvalue weighted by molar-refractivity contribution is 1.10. The van der Waals surface area contributed by atoms with Crippen molar-refractivity contribution in [2.45, 2.75) is 0 Å². The first-order valence-corrected chi connectivity index (χ1v) is 20.7. The van der Waals surface area contributed by atoms with E-state index >= 15 is 0 Å². The molecular formula is C57H38N6. The normalized spacial score (nSPS) is 10.8. The van der Waals surface area contributed by atoms with Crippen LogP contribution < -0.4 is 9.80 Å². The van der Waals surface area contributed by atoms with Crippen LogP contribution in [0.5, 0.6) is 0 Å². The third kappa shape index (κ3) is 7.69. The van der Waals surface area contributed by atoms with Crippen LogP contribution in [-0.2, 0) is 0 Å². The number of nitrogens with zero attached hydrogens (tertiary/aromatic N) is 6. The van der Waals surface area contributed by atoms with Crippen LogP contribution in [0, 0.1) is 22.7 Å². The number of rotatable bonds is 10. The Kier molecular flexibility index (Phi) is 10.3. The van der Waals surface area contributed by atoms with Crippen molar-refractivity contribution in [2.75, 3.05) is 9.80 Å². The van der Waals surface area contributed by atoms with Crippen molar-refractivity contribution < 1.29 is 0 Å². The van der Waals surface area contributed by atoms with Gasteiger partial charge in [-0.2, -0.15) is 10.5 Å². The molecule has 6 heteroatoms. The Morgan fingerprint density at radius 2 is 0.667 bits per heavy atom. The highest BCUT2D eigenvalue weighted by Crippen LogP contribution is 2.38. The molecular weight excluding hydrogens is 769 g/mol. The zero-order valence-corrected chi connectivity index (χ0v) is 34.1. The minimum absolute atomic E-state index is 0.631. The maximum Gasteiger partial charge on any atom is 0.145 e. The molecule has 63 heavy (non-hydrogen) atoms. The summed E-state index contributed by atoms with van der Waals surface area (Å²) in [5.41, 5.74) is 15.8. The van der Waals surface area contributed by atoms with Crippen LogP contribution in [0.25, 0.3) is 50.4 Å². The highest BCUT2D eigenvalue weighted by molar-refractivity contribution is 5.85. The van der Waals surface area contributed by atoms with E-state index in [1.165, 1.54) is 0 Å². The highest BCUT2D eigenvalue weighted by atomic mass is 15.1. The molecule has 0 bridgehead atoms. The third-order valence-corrected chi connectivity index (χ3v) is 11.3. The fraction of sp³-hybridized carbons (Fsp3) is 0. The van der Waals surface area contributed by atoms with Crippen molar-refractivity contribution in [1.29, 1.82) is 10.5 Å². The Morgan fingerprint density at radius 3 is 1.10 bits per heavy atom. The molecule has 0 radical (unpaired) electrons. The van der Waals surface area contributed by atoms with E-state index in [9.17, 15) is 10.5 Å². The third-order valence-electron chi connectivity index (χ3n) is 11.3. The molecule has 0 unspecified atom stereocenters. The van der Waals surface area contributed by atoms with Crippen LogP contribution in [0.4, 0.5) is 34.1 Å². The van der Waals surface area contributed by atoms with Crippen molar-refractivity contribution in [3.05, 3.63) is 242 Å². The number of hydrogen-bond donors (Lipinski definition) is 0. The van der Waals surface area contributed by atoms with Gasteiger partial charge in [-0.1, -0.05) is 109 Å². The van der Waals surface area contributed by atoms with Gasteiger partial charge in [0.2, 0.25) is 0 Å². The summed E-state index contributed by atoms with van der Waals surface area (Å²) in [5, 5.41) is 18.7. The Hall–Kier alpha value is -8.97. The smallest absolute Gasteiger partial charge is 0.145 e. The Bertz CT molecular complexity index is 3240. The van der Waals surface area contributed by atoms with E-state index in [0.29, 0.717) is 11.1 Å². The molecule has 0 saturated heterocycles. The summed E-state index contributed by atoms with van der Waals surface area (Å²) in [6.45, 7) is 0. The van der Waals surface area contributed by atoms with Crippen LogP contribution in [-0.4, -0.2) is 9.55 Å². The molecule has 10 aromatic rings. The van der Waals surface area contributed by atoms with Gasteiger partial charge in [-0.25, -0.2) is 4.98 Å². The van der Waals surface area contributed by atoms with E-state index in [1.54, 1.807) is 0 Å². The molecule has 0 aliphatic carbocycles. The van der Waals surface area contributed by atoms with E-state index in [1.807, 2.05) is 91.0 Å². The van der Waals surface area contributed by atoms with Gasteiger partial charge in [-0.15, -0.1) is 0 Å². The van der Waals surface area contributed by atoms with Gasteiger partial charge in [0.05, 0.1) is 34.3 Å². The van der Waals surface area contributed by atoms with Crippen LogP contribution in [0.3, 0.4) is 0 Å². The monoisotopic (exact) mass is 806 g/mol. The zero-order chi connectivity index (χ0) is 42.5. The summed E-state index contributed by atoms with van der Waals surface area (Å²) in [6.07, 6.45) is 0. The molecule has 0 amide bonds. The van der Waals surface area contributed by atoms with Gasteiger partial charge in [0, 0.05) is 45.4 Å². The predicted octanol–water partition coefficient (Wildman–Crippen LogP) is 14.7. The molecule has 0 aliphatic rings. The summed E-state index contributed by atoms with van der Waals surface area (Å²) in [6, 6.07) is 83.1. The van der Waals surface area contributed by atoms with Crippen molar-refractivity contribution in [3.63, 3.8) is 0 Å². The van der Waals surface area contributed by atoms with Gasteiger partial charge in [-0.3, -0.25) is 4.57 Å². The minimum Gasteiger partial charge on any atom is -0.311 e. The van der Waals surface area contributed by atoms with E-state index in [0.717, 1.165) is 84.5 Å². The molecule has 0 fully saturated rings. The van der Waals surface area contributed by atoms with Gasteiger partial charge in [0.15, 0.2) is 0 Å². The maximum absolute atomic E-state index is 9.37. The summed E-state index contributed by atoms with van der Waals surface area (Å²) >= 11 is 0. The van der Waals surface area contributed by atoms with Crippen LogP contribution in [0.15, 0.2) is 231 Å². The largest absolute Gasteiger partial charge is 0.311 e. The second-order valence-corrected chi connectivity index (χ2v) is 15.1. The van der Waals surface area contributed by atoms with Crippen molar-refractivity contribution in [3.8, 4) is 51.5 Å². The molecule has 0 N–H and O–H groups in total. The van der Waals surface area contributed by atoms with E-state index < -0.39 is 0 Å². The minimum atomic E-state index is 0.631. The quantitative estimate of drug-likeness (QED) is 0.138. The molecule has 10 rings (SSSR count). The number of fused-ring (bicyclic) bond motifs is 1. The second kappa shape index (κ2) is 17.0. The van der Waals surface area contributed by atoms with Gasteiger partial charge >= 0.3 is 0 Å². The van der Waals surface area contributed by atoms with E-state index in [-0.39, 0.29) is 0 Å². The van der Waals surface area contributed by atoms with Crippen molar-refractivity contribution in [2.24, 2.45) is 0 Å². The molecule has 9 aromatic carbocycles. The first-order chi connectivity index (χ1) is 31.1. The first kappa shape index (κ1) is 38.2. The topological polar surface area (TPSA) is 71.9 Å². The fourth-order valence-corrected chi connectivity index (χ4v) is 8.12. The molecule has 0 atom stereocenters. The highest BCUT2D eigenvalue weighted by Gasteiger charge is 2.17. The summed E-state index contributed by atoms with van der Waals surface area (Å²) in [5.74, 6) is 0.875. The Labute approximate surface area is 366 Å². The predicted molar refractivity (Wildman–Crippen MR) is 256 cm³/mol. The van der Waals surface area contributed by atoms with Crippen molar-refractivity contribution in [1.82, 2.24) is 9.55 Å². The lowest BCUT2D eigenvalue weighted by Crippen LogP contribution is -2.09. The average molecular weight is 807 g/mol. The van der Waals surface area contributed by atoms with E-state index in [2.05, 4.69) is 166 Å². The number of benzene rings is 9. The first-order valence-electron chi connectivity index (χ1n) is 20.7. The second-order valence-electron chi connectivity index (χ2n) is 15.1. The van der Waals surface area contributed by atoms with Gasteiger partial charge in [-0.05, 0) is 144 Å². The number of aromatic nitrogens is 2. The van der Waals surface area contributed by atoms with Gasteiger partial charge < -0.3 is 9.80 Å². The van der Waals surface area contributed by atoms with Crippen molar-refractivity contribution >= 4 is 45.2 Å². The van der Waals surface area contributed by atoms with Crippen LogP contribution >= 0.6 is 0 Å². The molecule has 1 aromatic heterocycles. The lowest BCUT2D eigenvalue weighted by atomic mass is 10.0. The number of nitriles is 2. The summed E-state index contributed by atoms with van der Waals surface area (Å²) < 4.78 is 2.24. The number of imidazole rings is 1. The SMILES string of the molecule is N#Cc1ccc(N(c2ccccc2)c2ccc(-c3ccc(-c4nc5ccccc5n4-c4ccc(-c5ccc(N(c6ccccc6)c6ccc(C#N)cc6)cc5)cc4)cc3)cc2)cc1. The summed E-state index contributed by atoms with van der Waals surface area (Å²) in [4.78, 5) is 9.54. The molecule has 6 nitrogen and oxygen atoms in total. The van der Waals surface area contributed by atoms with Crippen LogP contribution in [0.2, 0.25) is 0 Å². The van der Waals surface area contributed by atoms with E-state index in [4.69, 9.17) is 4.98 Å². The zero-order valence-electron chi connectivity index (χ0n) is 34.1. The Balaban J connectivity index is 0.920. The Morgan fingerprint density at radius 1 is 0.333 bits per heavy atom. The molecule has 296 valence electrons. The van der Waals surface area contributed by atoms with Gasteiger partial charge in [0.1, 0.15) is 5.82 Å². The van der Waals surface area contributed by atoms with Crippen LogP contribution in [0.1, 0.15) is 11.1 Å². The number of para-hydroxylation sites is 4. The maximum atomic E-state index is 9.37. The molecule has 0 spiro atoms. The molecule has 1 heterocycles. The standard InChI is InChI=1S/C57H38N6/c58-39-41-15-29-50(30-16-41)61(48-9-3-1-4-10-48)52-33-23-44(24-34-52)43-19-21-47(22-20-43)57-60-55-13-7-8-14-56(55)63(57)54-37-27-46(28-38-54)45-25-35-53(36-26-45)62(49-11-5-2-6-12-49)51-31-17-42(40-59)18-32-51/h1-38H. The van der Waals surface area contributed by atoms with Gasteiger partial charge in [0.25, 0.3) is 0 Å². The number of hydrogen-bond acceptors (Lipinski definition) is 5. The fourth-order valence-electron chi connectivity index (χ4n) is 8.12. The summed E-state index contributed by atoms with van der Waals surface area (Å²) in [7, 11) is 0. The molecule has 0 saturated carbocycles. The molecule has 0 aliphatic heterocycles. The number of anilines is 6. The lowest BCUT2D eigenvalue weighted by Gasteiger charge is -2.25. The average Bonchev–Trinajstić information content (AvgIpc) is 3.76.